The minimum atomic E-state index is -0.885. The third-order valence-corrected chi connectivity index (χ3v) is 7.00. The van der Waals surface area contributed by atoms with Gasteiger partial charge in [0.25, 0.3) is 0 Å². The third-order valence-electron chi connectivity index (χ3n) is 7.00. The second-order valence-electron chi connectivity index (χ2n) is 9.07. The van der Waals surface area contributed by atoms with E-state index in [4.69, 9.17) is 28.8 Å². The predicted octanol–water partition coefficient (Wildman–Crippen LogP) is 1.68. The van der Waals surface area contributed by atoms with Gasteiger partial charge in [0, 0.05) is 0 Å². The Labute approximate surface area is 170 Å². The Morgan fingerprint density at radius 1 is 0.862 bits per heavy atom. The van der Waals surface area contributed by atoms with Crippen molar-refractivity contribution in [2.45, 2.75) is 94.1 Å². The van der Waals surface area contributed by atoms with Crippen LogP contribution in [0.2, 0.25) is 0 Å². The molecule has 6 fully saturated rings. The first-order valence-corrected chi connectivity index (χ1v) is 11.1. The summed E-state index contributed by atoms with van der Waals surface area (Å²) in [7, 11) is 0. The summed E-state index contributed by atoms with van der Waals surface area (Å²) in [6.45, 7) is 0.905. The molecular weight excluding hydrogens is 380 g/mol. The summed E-state index contributed by atoms with van der Waals surface area (Å²) in [5, 5.41) is 9.01. The number of hydrogen-bond donors (Lipinski definition) is 1. The van der Waals surface area contributed by atoms with Crippen molar-refractivity contribution in [3.8, 4) is 0 Å². The van der Waals surface area contributed by atoms with E-state index >= 15 is 0 Å². The van der Waals surface area contributed by atoms with Gasteiger partial charge in [0.1, 0.15) is 24.9 Å². The molecule has 0 spiro atoms. The fourth-order valence-electron chi connectivity index (χ4n) is 5.09. The molecule has 0 amide bonds. The highest BCUT2D eigenvalue weighted by atomic mass is 16.7. The predicted molar refractivity (Wildman–Crippen MR) is 98.2 cm³/mol. The fraction of sp³-hybridized carbons (Fsp3) is 0.905. The summed E-state index contributed by atoms with van der Waals surface area (Å²) in [6, 6.07) is 0. The van der Waals surface area contributed by atoms with E-state index in [1.54, 1.807) is 0 Å². The molecule has 0 radical (unpaired) electrons. The van der Waals surface area contributed by atoms with Crippen LogP contribution in [0, 0.1) is 11.8 Å². The maximum atomic E-state index is 11.7. The van der Waals surface area contributed by atoms with Crippen molar-refractivity contribution in [3.05, 3.63) is 0 Å². The summed E-state index contributed by atoms with van der Waals surface area (Å²) >= 11 is 0. The Bertz CT molecular complexity index is 610. The standard InChI is InChI=1S/C11H16O5.C10H14O3/c12-10(13)8-3-1-2-4-9(8)11(14)16-6-7-5-15-7;1-3-7-9(12-7)5(1)11-6-2-4-8-10(6)13-8/h7-9H,1-6H2,(H,12,13);5-10H,1-4H2. The molecule has 0 aromatic heterocycles. The Hall–Kier alpha value is -1.22. The van der Waals surface area contributed by atoms with Crippen molar-refractivity contribution in [1.29, 1.82) is 0 Å². The lowest BCUT2D eigenvalue weighted by atomic mass is 9.79. The van der Waals surface area contributed by atoms with E-state index in [-0.39, 0.29) is 18.7 Å². The van der Waals surface area contributed by atoms with E-state index in [1.807, 2.05) is 0 Å². The highest BCUT2D eigenvalue weighted by Crippen LogP contribution is 2.45. The molecule has 8 nitrogen and oxygen atoms in total. The molecule has 162 valence electrons. The number of ether oxygens (including phenoxy) is 5. The molecule has 6 rings (SSSR count). The van der Waals surface area contributed by atoms with Crippen LogP contribution in [0.1, 0.15) is 51.4 Å². The minimum absolute atomic E-state index is 0.0378. The van der Waals surface area contributed by atoms with Crippen molar-refractivity contribution < 1.29 is 38.4 Å². The largest absolute Gasteiger partial charge is 0.481 e. The van der Waals surface area contributed by atoms with Crippen LogP contribution in [0.15, 0.2) is 0 Å². The van der Waals surface area contributed by atoms with E-state index in [9.17, 15) is 9.59 Å². The van der Waals surface area contributed by atoms with Crippen LogP contribution in [0.5, 0.6) is 0 Å². The smallest absolute Gasteiger partial charge is 0.309 e. The van der Waals surface area contributed by atoms with E-state index in [1.165, 1.54) is 25.7 Å². The number of fused-ring (bicyclic) bond motifs is 2. The molecule has 8 heteroatoms. The van der Waals surface area contributed by atoms with Crippen LogP contribution < -0.4 is 0 Å². The normalized spacial score (nSPS) is 46.0. The van der Waals surface area contributed by atoms with Crippen molar-refractivity contribution in [2.24, 2.45) is 11.8 Å². The number of carboxylic acids is 1. The van der Waals surface area contributed by atoms with Crippen LogP contribution in [-0.4, -0.2) is 73.0 Å². The summed E-state index contributed by atoms with van der Waals surface area (Å²) in [5.74, 6) is -2.29. The Morgan fingerprint density at radius 2 is 1.45 bits per heavy atom. The van der Waals surface area contributed by atoms with Gasteiger partial charge in [-0.15, -0.1) is 0 Å². The van der Waals surface area contributed by atoms with E-state index in [0.717, 1.165) is 12.8 Å². The average molecular weight is 410 g/mol. The zero-order valence-electron chi connectivity index (χ0n) is 16.6. The third kappa shape index (κ3) is 4.60. The lowest BCUT2D eigenvalue weighted by Gasteiger charge is -2.26. The van der Waals surface area contributed by atoms with Gasteiger partial charge in [-0.3, -0.25) is 9.59 Å². The van der Waals surface area contributed by atoms with E-state index in [2.05, 4.69) is 0 Å². The van der Waals surface area contributed by atoms with Crippen LogP contribution in [-0.2, 0) is 33.3 Å². The van der Waals surface area contributed by atoms with Gasteiger partial charge in [-0.2, -0.15) is 0 Å². The first-order chi connectivity index (χ1) is 14.1. The Kier molecular flexibility index (Phi) is 5.53. The van der Waals surface area contributed by atoms with Crippen LogP contribution >= 0.6 is 0 Å². The number of carbonyl (C=O) groups is 2. The monoisotopic (exact) mass is 410 g/mol. The highest BCUT2D eigenvalue weighted by molar-refractivity contribution is 5.81. The van der Waals surface area contributed by atoms with Gasteiger partial charge in [-0.25, -0.2) is 0 Å². The molecule has 0 aromatic rings. The first kappa shape index (κ1) is 19.7. The van der Waals surface area contributed by atoms with Crippen molar-refractivity contribution in [2.75, 3.05) is 13.2 Å². The molecule has 3 saturated heterocycles. The van der Waals surface area contributed by atoms with Gasteiger partial charge < -0.3 is 28.8 Å². The quantitative estimate of drug-likeness (QED) is 0.520. The number of carbonyl (C=O) groups excluding carboxylic acids is 1. The minimum Gasteiger partial charge on any atom is -0.481 e. The molecular formula is C21H30O8. The first-order valence-electron chi connectivity index (χ1n) is 11.1. The Morgan fingerprint density at radius 3 is 1.90 bits per heavy atom. The molecule has 3 heterocycles. The van der Waals surface area contributed by atoms with Crippen molar-refractivity contribution in [3.63, 3.8) is 0 Å². The summed E-state index contributed by atoms with van der Waals surface area (Å²) in [5.41, 5.74) is 0. The van der Waals surface area contributed by atoms with Crippen molar-refractivity contribution >= 4 is 11.9 Å². The van der Waals surface area contributed by atoms with Gasteiger partial charge in [-0.1, -0.05) is 12.8 Å². The zero-order valence-corrected chi connectivity index (χ0v) is 16.6. The summed E-state index contributed by atoms with van der Waals surface area (Å²) in [4.78, 5) is 22.7. The molecule has 3 aliphatic carbocycles. The van der Waals surface area contributed by atoms with Gasteiger partial charge in [0.2, 0.25) is 0 Å². The molecule has 0 bridgehead atoms. The van der Waals surface area contributed by atoms with Gasteiger partial charge in [-0.05, 0) is 38.5 Å². The lowest BCUT2D eigenvalue weighted by Crippen LogP contribution is -2.34. The fourth-order valence-corrected chi connectivity index (χ4v) is 5.09. The van der Waals surface area contributed by atoms with Crippen molar-refractivity contribution in [1.82, 2.24) is 0 Å². The van der Waals surface area contributed by atoms with E-state index in [0.29, 0.717) is 56.1 Å². The molecule has 9 atom stereocenters. The lowest BCUT2D eigenvalue weighted by molar-refractivity contribution is -0.160. The van der Waals surface area contributed by atoms with Crippen LogP contribution in [0.25, 0.3) is 0 Å². The highest BCUT2D eigenvalue weighted by Gasteiger charge is 2.56. The Balaban J connectivity index is 0.000000127. The molecule has 3 saturated carbocycles. The number of epoxide rings is 3. The molecule has 0 aromatic carbocycles. The van der Waals surface area contributed by atoms with E-state index < -0.39 is 17.8 Å². The zero-order chi connectivity index (χ0) is 20.0. The number of esters is 1. The molecule has 9 unspecified atom stereocenters. The van der Waals surface area contributed by atoms with Gasteiger partial charge in [0.15, 0.2) is 0 Å². The maximum Gasteiger partial charge on any atom is 0.309 e. The SMILES string of the molecule is C1CC2OC2C1OC1CCC2OC12.O=C(O)C1CCCCC1C(=O)OCC1CO1. The summed E-state index contributed by atoms with van der Waals surface area (Å²) < 4.78 is 26.9. The number of hydrogen-bond acceptors (Lipinski definition) is 7. The van der Waals surface area contributed by atoms with Gasteiger partial charge in [0.05, 0.1) is 42.9 Å². The average Bonchev–Trinajstić information content (AvgIpc) is 3.65. The molecule has 6 aliphatic rings. The molecule has 3 aliphatic heterocycles. The van der Waals surface area contributed by atoms with Gasteiger partial charge >= 0.3 is 11.9 Å². The van der Waals surface area contributed by atoms with Crippen LogP contribution in [0.4, 0.5) is 0 Å². The second-order valence-corrected chi connectivity index (χ2v) is 9.07. The number of carboxylic acid groups (broad SMARTS) is 1. The number of rotatable bonds is 6. The molecule has 29 heavy (non-hydrogen) atoms. The second kappa shape index (κ2) is 8.13. The maximum absolute atomic E-state index is 11.7. The van der Waals surface area contributed by atoms with Crippen LogP contribution in [0.3, 0.4) is 0 Å². The number of aliphatic carboxylic acids is 1. The topological polar surface area (TPSA) is 110 Å². The summed E-state index contributed by atoms with van der Waals surface area (Å²) in [6.07, 6.45) is 10.6. The molecule has 1 N–H and O–H groups in total.